The van der Waals surface area contributed by atoms with Crippen LogP contribution >= 0.6 is 0 Å². The average molecular weight is 488 g/mol. The summed E-state index contributed by atoms with van der Waals surface area (Å²) in [6.07, 6.45) is 0.483. The Morgan fingerprint density at radius 2 is 2.06 bits per heavy atom. The van der Waals surface area contributed by atoms with Gasteiger partial charge >= 0.3 is 12.2 Å². The first-order chi connectivity index (χ1) is 16.7. The largest absolute Gasteiger partial charge is 0.441 e. The van der Waals surface area contributed by atoms with Gasteiger partial charge in [0.2, 0.25) is 5.82 Å². The van der Waals surface area contributed by atoms with Gasteiger partial charge in [0.05, 0.1) is 24.1 Å². The van der Waals surface area contributed by atoms with Crippen LogP contribution in [-0.2, 0) is 0 Å². The molecule has 14 heteroatoms. The standard InChI is InChI=1S/C21H19F3N8O3/c1-11-26-8-15(35-11)12-2-4-25-16(6-12)29-20(34)32-13-3-5-31(9-13)14-7-27-17(30-18(14)32)19(33)28-10-21(22,23)24/h2,4,6-8,13H,3,5,9-10H2,1H3,(H,28,33)(H,25,29,34)/t13-/m0/s1. The fourth-order valence-electron chi connectivity index (χ4n) is 4.06. The molecule has 0 aliphatic carbocycles. The van der Waals surface area contributed by atoms with Crippen molar-refractivity contribution >= 4 is 29.3 Å². The van der Waals surface area contributed by atoms with Crippen LogP contribution in [0.15, 0.2) is 35.1 Å². The van der Waals surface area contributed by atoms with Gasteiger partial charge in [0, 0.05) is 31.8 Å². The predicted molar refractivity (Wildman–Crippen MR) is 117 cm³/mol. The zero-order valence-electron chi connectivity index (χ0n) is 18.3. The number of carbonyl (C=O) groups is 2. The molecule has 3 amide bonds. The fraction of sp³-hybridized carbons (Fsp3) is 0.333. The van der Waals surface area contributed by atoms with Gasteiger partial charge in [-0.05, 0) is 18.6 Å². The van der Waals surface area contributed by atoms with Crippen molar-refractivity contribution < 1.29 is 27.2 Å². The number of carbonyl (C=O) groups excluding carboxylic acids is 2. The van der Waals surface area contributed by atoms with Crippen LogP contribution in [0.1, 0.15) is 22.9 Å². The summed E-state index contributed by atoms with van der Waals surface area (Å²) in [5.41, 5.74) is 1.17. The number of halogens is 3. The first-order valence-corrected chi connectivity index (χ1v) is 10.6. The highest BCUT2D eigenvalue weighted by Gasteiger charge is 2.41. The highest BCUT2D eigenvalue weighted by atomic mass is 19.4. The molecule has 3 aromatic rings. The molecule has 0 spiro atoms. The van der Waals surface area contributed by atoms with E-state index in [-0.39, 0.29) is 17.7 Å². The van der Waals surface area contributed by atoms with Crippen LogP contribution in [0.4, 0.5) is 35.3 Å². The van der Waals surface area contributed by atoms with Gasteiger partial charge in [-0.2, -0.15) is 13.2 Å². The Labute approximate surface area is 196 Å². The number of oxazole rings is 1. The summed E-state index contributed by atoms with van der Waals surface area (Å²) >= 11 is 0. The van der Waals surface area contributed by atoms with Crippen LogP contribution in [0.3, 0.4) is 0 Å². The number of rotatable bonds is 4. The molecule has 1 fully saturated rings. The Balaban J connectivity index is 1.41. The van der Waals surface area contributed by atoms with E-state index in [1.807, 2.05) is 4.90 Å². The number of fused-ring (bicyclic) bond motifs is 4. The Bertz CT molecular complexity index is 1290. The van der Waals surface area contributed by atoms with E-state index in [9.17, 15) is 22.8 Å². The number of nitrogens with zero attached hydrogens (tertiary/aromatic N) is 6. The van der Waals surface area contributed by atoms with Crippen molar-refractivity contribution in [3.8, 4) is 11.3 Å². The summed E-state index contributed by atoms with van der Waals surface area (Å²) < 4.78 is 43.0. The summed E-state index contributed by atoms with van der Waals surface area (Å²) in [4.78, 5) is 45.2. The molecule has 1 saturated heterocycles. The van der Waals surface area contributed by atoms with Crippen molar-refractivity contribution in [2.75, 3.05) is 34.8 Å². The number of anilines is 3. The van der Waals surface area contributed by atoms with Gasteiger partial charge in [-0.3, -0.25) is 15.0 Å². The average Bonchev–Trinajstić information content (AvgIpc) is 3.44. The van der Waals surface area contributed by atoms with Crippen molar-refractivity contribution in [1.82, 2.24) is 25.3 Å². The zero-order chi connectivity index (χ0) is 24.7. The van der Waals surface area contributed by atoms with E-state index in [2.05, 4.69) is 25.3 Å². The molecule has 3 aromatic heterocycles. The molecule has 5 rings (SSSR count). The number of urea groups is 1. The molecule has 0 aromatic carbocycles. The molecule has 0 unspecified atom stereocenters. The summed E-state index contributed by atoms with van der Waals surface area (Å²) in [5.74, 6) is -0.152. The van der Waals surface area contributed by atoms with Gasteiger partial charge in [-0.1, -0.05) is 0 Å². The van der Waals surface area contributed by atoms with Crippen molar-refractivity contribution in [3.05, 3.63) is 42.4 Å². The van der Waals surface area contributed by atoms with Crippen LogP contribution < -0.4 is 20.4 Å². The number of aryl methyl sites for hydroxylation is 1. The monoisotopic (exact) mass is 488 g/mol. The van der Waals surface area contributed by atoms with Crippen LogP contribution in [0.25, 0.3) is 11.3 Å². The van der Waals surface area contributed by atoms with Crippen molar-refractivity contribution in [1.29, 1.82) is 0 Å². The van der Waals surface area contributed by atoms with Crippen LogP contribution in [0.2, 0.25) is 0 Å². The highest BCUT2D eigenvalue weighted by molar-refractivity contribution is 6.04. The number of alkyl halides is 3. The Hall–Kier alpha value is -4.23. The van der Waals surface area contributed by atoms with Crippen molar-refractivity contribution in [2.45, 2.75) is 25.6 Å². The molecule has 2 aliphatic heterocycles. The minimum absolute atomic E-state index is 0.144. The lowest BCUT2D eigenvalue weighted by Crippen LogP contribution is -2.48. The summed E-state index contributed by atoms with van der Waals surface area (Å²) in [6, 6.07) is 2.54. The molecule has 2 bridgehead atoms. The highest BCUT2D eigenvalue weighted by Crippen LogP contribution is 2.38. The number of hydrogen-bond acceptors (Lipinski definition) is 8. The molecule has 1 atom stereocenters. The molecule has 182 valence electrons. The van der Waals surface area contributed by atoms with E-state index in [1.54, 1.807) is 30.6 Å². The van der Waals surface area contributed by atoms with Crippen LogP contribution in [-0.4, -0.2) is 63.7 Å². The summed E-state index contributed by atoms with van der Waals surface area (Å²) in [5, 5.41) is 4.48. The molecule has 11 nitrogen and oxygen atoms in total. The first-order valence-electron chi connectivity index (χ1n) is 10.6. The quantitative estimate of drug-likeness (QED) is 0.574. The van der Waals surface area contributed by atoms with Gasteiger partial charge in [0.25, 0.3) is 5.91 Å². The lowest BCUT2D eigenvalue weighted by Gasteiger charge is -2.35. The van der Waals surface area contributed by atoms with E-state index in [4.69, 9.17) is 4.42 Å². The third-order valence-electron chi connectivity index (χ3n) is 5.62. The molecule has 5 heterocycles. The van der Waals surface area contributed by atoms with E-state index in [0.29, 0.717) is 42.4 Å². The van der Waals surface area contributed by atoms with Gasteiger partial charge in [-0.15, -0.1) is 0 Å². The second kappa shape index (κ2) is 8.52. The van der Waals surface area contributed by atoms with E-state index in [1.165, 1.54) is 17.3 Å². The maximum atomic E-state index is 13.3. The molecule has 0 radical (unpaired) electrons. The SMILES string of the molecule is Cc1ncc(-c2ccnc(NC(=O)N3c4nc(C(=O)NCC(F)(F)F)ncc4N4CC[C@H]3C4)c2)o1. The second-order valence-corrected chi connectivity index (χ2v) is 8.06. The molecular formula is C21H19F3N8O3. The number of amides is 3. The predicted octanol–water partition coefficient (Wildman–Crippen LogP) is 2.76. The minimum Gasteiger partial charge on any atom is -0.441 e. The molecule has 35 heavy (non-hydrogen) atoms. The van der Waals surface area contributed by atoms with Crippen molar-refractivity contribution in [2.24, 2.45) is 0 Å². The second-order valence-electron chi connectivity index (χ2n) is 8.06. The fourth-order valence-corrected chi connectivity index (χ4v) is 4.06. The first kappa shape index (κ1) is 22.6. The lowest BCUT2D eigenvalue weighted by molar-refractivity contribution is -0.123. The van der Waals surface area contributed by atoms with E-state index >= 15 is 0 Å². The van der Waals surface area contributed by atoms with Gasteiger partial charge < -0.3 is 14.6 Å². The van der Waals surface area contributed by atoms with E-state index in [0.717, 1.165) is 0 Å². The molecule has 2 N–H and O–H groups in total. The minimum atomic E-state index is -4.58. The normalized spacial score (nSPS) is 16.7. The van der Waals surface area contributed by atoms with Crippen molar-refractivity contribution in [3.63, 3.8) is 0 Å². The topological polar surface area (TPSA) is 129 Å². The zero-order valence-corrected chi connectivity index (χ0v) is 18.3. The molecule has 0 saturated carbocycles. The Morgan fingerprint density at radius 3 is 2.80 bits per heavy atom. The number of nitrogens with one attached hydrogen (secondary N) is 2. The third kappa shape index (κ3) is 4.58. The third-order valence-corrected chi connectivity index (χ3v) is 5.62. The Morgan fingerprint density at radius 1 is 1.23 bits per heavy atom. The maximum absolute atomic E-state index is 13.3. The van der Waals surface area contributed by atoms with Crippen LogP contribution in [0, 0.1) is 6.92 Å². The summed E-state index contributed by atoms with van der Waals surface area (Å²) in [7, 11) is 0. The molecule has 2 aliphatic rings. The smallest absolute Gasteiger partial charge is 0.405 e. The van der Waals surface area contributed by atoms with E-state index < -0.39 is 30.5 Å². The number of hydrogen-bond donors (Lipinski definition) is 2. The molecular weight excluding hydrogens is 469 g/mol. The van der Waals surface area contributed by atoms with Gasteiger partial charge in [-0.25, -0.2) is 24.7 Å². The Kier molecular flexibility index (Phi) is 5.49. The maximum Gasteiger partial charge on any atom is 0.405 e. The van der Waals surface area contributed by atoms with Crippen LogP contribution in [0.5, 0.6) is 0 Å². The number of aromatic nitrogens is 4. The van der Waals surface area contributed by atoms with Gasteiger partial charge in [0.15, 0.2) is 17.5 Å². The number of pyridine rings is 1. The van der Waals surface area contributed by atoms with Gasteiger partial charge in [0.1, 0.15) is 12.4 Å². The lowest BCUT2D eigenvalue weighted by atomic mass is 10.2. The summed E-state index contributed by atoms with van der Waals surface area (Å²) in [6.45, 7) is 1.38.